The fraction of sp³-hybridized carbons (Fsp3) is 0.875. The Morgan fingerprint density at radius 1 is 0.727 bits per heavy atom. The van der Waals surface area contributed by atoms with E-state index in [1.165, 1.54) is 0 Å². The molecule has 0 aromatic rings. The molecule has 132 valence electrons. The highest BCUT2D eigenvalue weighted by atomic mass is 28.4. The van der Waals surface area contributed by atoms with Crippen LogP contribution in [0.3, 0.4) is 0 Å². The van der Waals surface area contributed by atoms with Crippen molar-refractivity contribution in [3.8, 4) is 0 Å². The van der Waals surface area contributed by atoms with E-state index in [2.05, 4.69) is 34.6 Å². The summed E-state index contributed by atoms with van der Waals surface area (Å²) < 4.78 is 43.9. The smallest absolute Gasteiger partial charge is 0.301 e. The third kappa shape index (κ3) is 6.58. The Kier molecular flexibility index (Phi) is 10.6. The molecule has 0 radical (unpaired) electrons. The van der Waals surface area contributed by atoms with Crippen molar-refractivity contribution in [1.82, 2.24) is 0 Å². The van der Waals surface area contributed by atoms with Gasteiger partial charge < -0.3 is 4.12 Å². The topological polar surface area (TPSA) is 9.23 Å². The van der Waals surface area contributed by atoms with Crippen molar-refractivity contribution in [3.05, 3.63) is 11.9 Å². The normalized spacial score (nSPS) is 12.5. The molecule has 0 aromatic carbocycles. The first-order valence-corrected chi connectivity index (χ1v) is 13.8. The van der Waals surface area contributed by atoms with E-state index in [1.54, 1.807) is 0 Å². The average Bonchev–Trinajstić information content (AvgIpc) is 2.55. The minimum atomic E-state index is -2.17. The van der Waals surface area contributed by atoms with Crippen molar-refractivity contribution in [1.29, 1.82) is 0 Å². The van der Waals surface area contributed by atoms with Crippen LogP contribution in [0, 0.1) is 0 Å². The van der Waals surface area contributed by atoms with Gasteiger partial charge in [-0.2, -0.15) is 8.78 Å². The molecule has 0 aliphatic carbocycles. The largest absolute Gasteiger partial charge is 0.455 e. The van der Waals surface area contributed by atoms with Crippen LogP contribution in [-0.2, 0) is 4.12 Å². The second-order valence-electron chi connectivity index (χ2n) is 6.11. The van der Waals surface area contributed by atoms with Crippen LogP contribution in [0.4, 0.5) is 13.2 Å². The van der Waals surface area contributed by atoms with Gasteiger partial charge in [0, 0.05) is 6.42 Å². The summed E-state index contributed by atoms with van der Waals surface area (Å²) >= 11 is 0. The SMILES string of the molecule is CC[Si](CC)(CC)O[Si](CC)(CC)CCCCC(F)=C(F)F. The molecule has 0 unspecified atom stereocenters. The first-order chi connectivity index (χ1) is 10.3. The van der Waals surface area contributed by atoms with Gasteiger partial charge in [-0.15, -0.1) is 0 Å². The average molecular weight is 355 g/mol. The Balaban J connectivity index is 4.72. The van der Waals surface area contributed by atoms with Crippen molar-refractivity contribution in [2.24, 2.45) is 0 Å². The summed E-state index contributed by atoms with van der Waals surface area (Å²) in [5.74, 6) is -1.25. The highest BCUT2D eigenvalue weighted by Gasteiger charge is 2.40. The van der Waals surface area contributed by atoms with Crippen LogP contribution in [0.5, 0.6) is 0 Å². The zero-order valence-electron chi connectivity index (χ0n) is 14.9. The number of unbranched alkanes of at least 4 members (excludes halogenated alkanes) is 1. The third-order valence-corrected chi connectivity index (χ3v) is 16.3. The van der Waals surface area contributed by atoms with Gasteiger partial charge in [-0.05, 0) is 42.7 Å². The van der Waals surface area contributed by atoms with E-state index in [1.807, 2.05) is 0 Å². The molecule has 0 spiro atoms. The second kappa shape index (κ2) is 10.7. The van der Waals surface area contributed by atoms with E-state index >= 15 is 0 Å². The Hall–Kier alpha value is -0.0762. The van der Waals surface area contributed by atoms with Crippen LogP contribution in [0.1, 0.15) is 53.9 Å². The lowest BCUT2D eigenvalue weighted by atomic mass is 10.2. The zero-order valence-corrected chi connectivity index (χ0v) is 16.9. The monoisotopic (exact) mass is 354 g/mol. The highest BCUT2D eigenvalue weighted by Crippen LogP contribution is 2.34. The molecule has 0 aliphatic rings. The number of hydrogen-bond donors (Lipinski definition) is 0. The Labute approximate surface area is 136 Å². The van der Waals surface area contributed by atoms with Gasteiger partial charge in [0.1, 0.15) is 0 Å². The standard InChI is InChI=1S/C16H33F3OSi2/c1-6-21(7-2,8-3)20-22(9-4,10-5)14-12-11-13-15(17)16(18)19/h6-14H2,1-5H3. The van der Waals surface area contributed by atoms with Crippen LogP contribution >= 0.6 is 0 Å². The van der Waals surface area contributed by atoms with Gasteiger partial charge >= 0.3 is 6.08 Å². The van der Waals surface area contributed by atoms with E-state index in [4.69, 9.17) is 4.12 Å². The van der Waals surface area contributed by atoms with Crippen LogP contribution in [0.15, 0.2) is 11.9 Å². The van der Waals surface area contributed by atoms with Gasteiger partial charge in [0.2, 0.25) is 0 Å². The van der Waals surface area contributed by atoms with Gasteiger partial charge in [0.15, 0.2) is 22.5 Å². The van der Waals surface area contributed by atoms with Crippen molar-refractivity contribution in [2.75, 3.05) is 0 Å². The van der Waals surface area contributed by atoms with Crippen LogP contribution < -0.4 is 0 Å². The summed E-state index contributed by atoms with van der Waals surface area (Å²) in [6.07, 6.45) is -1.03. The summed E-state index contributed by atoms with van der Waals surface area (Å²) in [5, 5.41) is 0. The molecule has 0 saturated heterocycles. The first kappa shape index (κ1) is 21.9. The summed E-state index contributed by atoms with van der Waals surface area (Å²) in [4.78, 5) is 0. The number of hydrogen-bond acceptors (Lipinski definition) is 1. The molecular weight excluding hydrogens is 321 g/mol. The quantitative estimate of drug-likeness (QED) is 0.265. The molecular formula is C16H33F3OSi2. The van der Waals surface area contributed by atoms with Gasteiger partial charge in [0.25, 0.3) is 0 Å². The molecule has 0 rings (SSSR count). The predicted molar refractivity (Wildman–Crippen MR) is 94.0 cm³/mol. The highest BCUT2D eigenvalue weighted by molar-refractivity contribution is 6.87. The van der Waals surface area contributed by atoms with E-state index in [0.717, 1.165) is 42.7 Å². The summed E-state index contributed by atoms with van der Waals surface area (Å²) in [7, 11) is -3.44. The molecule has 22 heavy (non-hydrogen) atoms. The number of halogens is 3. The second-order valence-corrected chi connectivity index (χ2v) is 15.7. The maximum Gasteiger partial charge on any atom is 0.301 e. The molecule has 1 nitrogen and oxygen atoms in total. The molecule has 6 heteroatoms. The van der Waals surface area contributed by atoms with Crippen molar-refractivity contribution in [2.45, 2.75) is 90.1 Å². The minimum Gasteiger partial charge on any atom is -0.455 e. The van der Waals surface area contributed by atoms with E-state index < -0.39 is 28.5 Å². The molecule has 0 N–H and O–H groups in total. The minimum absolute atomic E-state index is 0.141. The van der Waals surface area contributed by atoms with Gasteiger partial charge in [-0.1, -0.05) is 41.0 Å². The van der Waals surface area contributed by atoms with Crippen molar-refractivity contribution < 1.29 is 17.3 Å². The van der Waals surface area contributed by atoms with Gasteiger partial charge in [0.05, 0.1) is 0 Å². The van der Waals surface area contributed by atoms with Crippen molar-refractivity contribution in [3.63, 3.8) is 0 Å². The Morgan fingerprint density at radius 3 is 1.55 bits per heavy atom. The molecule has 0 heterocycles. The van der Waals surface area contributed by atoms with E-state index in [-0.39, 0.29) is 6.42 Å². The van der Waals surface area contributed by atoms with Crippen LogP contribution in [0.2, 0.25) is 36.3 Å². The third-order valence-electron chi connectivity index (χ3n) is 5.14. The number of rotatable bonds is 12. The van der Waals surface area contributed by atoms with Gasteiger partial charge in [-0.25, -0.2) is 4.39 Å². The lowest BCUT2D eigenvalue weighted by Crippen LogP contribution is -2.50. The Morgan fingerprint density at radius 2 is 1.18 bits per heavy atom. The molecule has 0 amide bonds. The lowest BCUT2D eigenvalue weighted by Gasteiger charge is -2.41. The number of allylic oxidation sites excluding steroid dienone is 1. The first-order valence-electron chi connectivity index (χ1n) is 8.74. The lowest BCUT2D eigenvalue weighted by molar-refractivity contribution is 0.368. The van der Waals surface area contributed by atoms with Gasteiger partial charge in [-0.3, -0.25) is 0 Å². The summed E-state index contributed by atoms with van der Waals surface area (Å²) in [6, 6.07) is 6.51. The summed E-state index contributed by atoms with van der Waals surface area (Å²) in [5.41, 5.74) is 0. The fourth-order valence-corrected chi connectivity index (χ4v) is 13.6. The van der Waals surface area contributed by atoms with Crippen LogP contribution in [0.25, 0.3) is 0 Å². The van der Waals surface area contributed by atoms with Crippen LogP contribution in [-0.4, -0.2) is 16.6 Å². The molecule has 0 atom stereocenters. The van der Waals surface area contributed by atoms with Crippen molar-refractivity contribution >= 4 is 16.6 Å². The predicted octanol–water partition coefficient (Wildman–Crippen LogP) is 7.24. The maximum absolute atomic E-state index is 12.9. The summed E-state index contributed by atoms with van der Waals surface area (Å²) in [6.45, 7) is 11.1. The van der Waals surface area contributed by atoms with E-state index in [9.17, 15) is 13.2 Å². The molecule has 0 bridgehead atoms. The zero-order chi connectivity index (χ0) is 17.2. The fourth-order valence-electron chi connectivity index (χ4n) is 3.05. The maximum atomic E-state index is 12.9. The van der Waals surface area contributed by atoms with E-state index in [0.29, 0.717) is 6.42 Å². The molecule has 0 aromatic heterocycles. The molecule has 0 saturated carbocycles. The molecule has 0 fully saturated rings. The molecule has 0 aliphatic heterocycles. The Bertz CT molecular complexity index is 328.